The molecule has 2 aliphatic heterocycles. The van der Waals surface area contributed by atoms with Crippen LogP contribution in [0.4, 0.5) is 11.4 Å². The van der Waals surface area contributed by atoms with Crippen LogP contribution in [-0.2, 0) is 19.1 Å². The van der Waals surface area contributed by atoms with Crippen molar-refractivity contribution in [1.82, 2.24) is 14.8 Å². The SMILES string of the molecule is O=C(CCN1CCOCC1)Nc1ccc2cc3ccc(NC(=O)CCN4CCOCC4)cc3nc2c1. The van der Waals surface area contributed by atoms with Gasteiger partial charge in [0, 0.05) is 74.3 Å². The number of amides is 2. The molecule has 36 heavy (non-hydrogen) atoms. The lowest BCUT2D eigenvalue weighted by Gasteiger charge is -2.26. The number of hydrogen-bond acceptors (Lipinski definition) is 7. The van der Waals surface area contributed by atoms with E-state index in [-0.39, 0.29) is 11.8 Å². The smallest absolute Gasteiger partial charge is 0.225 e. The molecule has 0 radical (unpaired) electrons. The molecule has 0 atom stereocenters. The molecule has 0 unspecified atom stereocenters. The molecule has 0 bridgehead atoms. The summed E-state index contributed by atoms with van der Waals surface area (Å²) in [5.74, 6) is -0.0209. The predicted molar refractivity (Wildman–Crippen MR) is 140 cm³/mol. The standard InChI is InChI=1S/C27H33N5O4/c33-26(5-7-31-9-13-35-14-10-31)28-22-3-1-20-17-21-2-4-23(19-25(21)30-24(20)18-22)29-27(34)6-8-32-11-15-36-16-12-32/h1-4,17-19H,5-16H2,(H,28,33)(H,29,34). The molecule has 5 rings (SSSR count). The summed E-state index contributed by atoms with van der Waals surface area (Å²) in [6.07, 6.45) is 0.884. The Morgan fingerprint density at radius 2 is 1.14 bits per heavy atom. The lowest BCUT2D eigenvalue weighted by Crippen LogP contribution is -2.38. The number of ether oxygens (including phenoxy) is 2. The van der Waals surface area contributed by atoms with Crippen LogP contribution in [0.3, 0.4) is 0 Å². The quantitative estimate of drug-likeness (QED) is 0.468. The molecule has 3 heterocycles. The van der Waals surface area contributed by atoms with E-state index in [1.807, 2.05) is 36.4 Å². The van der Waals surface area contributed by atoms with E-state index in [0.29, 0.717) is 12.8 Å². The molecule has 2 saturated heterocycles. The van der Waals surface area contributed by atoms with Crippen molar-refractivity contribution in [3.8, 4) is 0 Å². The maximum Gasteiger partial charge on any atom is 0.225 e. The zero-order valence-corrected chi connectivity index (χ0v) is 20.5. The first-order valence-electron chi connectivity index (χ1n) is 12.7. The van der Waals surface area contributed by atoms with E-state index in [9.17, 15) is 9.59 Å². The van der Waals surface area contributed by atoms with Gasteiger partial charge >= 0.3 is 0 Å². The van der Waals surface area contributed by atoms with Gasteiger partial charge in [0.25, 0.3) is 0 Å². The van der Waals surface area contributed by atoms with E-state index in [1.54, 1.807) is 0 Å². The van der Waals surface area contributed by atoms with Crippen molar-refractivity contribution < 1.29 is 19.1 Å². The minimum Gasteiger partial charge on any atom is -0.379 e. The van der Waals surface area contributed by atoms with E-state index in [0.717, 1.165) is 98.9 Å². The summed E-state index contributed by atoms with van der Waals surface area (Å²) >= 11 is 0. The van der Waals surface area contributed by atoms with Gasteiger partial charge in [-0.25, -0.2) is 4.98 Å². The second-order valence-corrected chi connectivity index (χ2v) is 9.31. The largest absolute Gasteiger partial charge is 0.379 e. The van der Waals surface area contributed by atoms with Gasteiger partial charge in [-0.15, -0.1) is 0 Å². The number of rotatable bonds is 8. The van der Waals surface area contributed by atoms with E-state index in [2.05, 4.69) is 26.5 Å². The van der Waals surface area contributed by atoms with Crippen LogP contribution < -0.4 is 10.6 Å². The van der Waals surface area contributed by atoms with Crippen molar-refractivity contribution >= 4 is 45.0 Å². The van der Waals surface area contributed by atoms with Crippen LogP contribution in [0.1, 0.15) is 12.8 Å². The number of carbonyl (C=O) groups is 2. The van der Waals surface area contributed by atoms with Gasteiger partial charge in [0.2, 0.25) is 11.8 Å². The normalized spacial score (nSPS) is 17.3. The molecule has 2 amide bonds. The Bertz CT molecular complexity index is 1130. The Morgan fingerprint density at radius 3 is 1.58 bits per heavy atom. The third-order valence-corrected chi connectivity index (χ3v) is 6.70. The minimum atomic E-state index is -0.0105. The number of fused-ring (bicyclic) bond motifs is 2. The van der Waals surface area contributed by atoms with Gasteiger partial charge in [0.1, 0.15) is 0 Å². The van der Waals surface area contributed by atoms with Gasteiger partial charge in [0.05, 0.1) is 37.5 Å². The first kappa shape index (κ1) is 24.6. The summed E-state index contributed by atoms with van der Waals surface area (Å²) in [7, 11) is 0. The molecule has 2 aromatic carbocycles. The van der Waals surface area contributed by atoms with Crippen LogP contribution in [0.2, 0.25) is 0 Å². The molecule has 2 aliphatic rings. The number of nitrogens with zero attached hydrogens (tertiary/aromatic N) is 3. The maximum atomic E-state index is 12.5. The highest BCUT2D eigenvalue weighted by Gasteiger charge is 2.14. The molecule has 190 valence electrons. The number of hydrogen-bond donors (Lipinski definition) is 2. The third kappa shape index (κ3) is 6.55. The number of carbonyl (C=O) groups excluding carboxylic acids is 2. The zero-order valence-electron chi connectivity index (χ0n) is 20.5. The van der Waals surface area contributed by atoms with Gasteiger partial charge in [0.15, 0.2) is 0 Å². The van der Waals surface area contributed by atoms with Gasteiger partial charge < -0.3 is 20.1 Å². The van der Waals surface area contributed by atoms with Crippen LogP contribution in [0.15, 0.2) is 42.5 Å². The molecule has 9 nitrogen and oxygen atoms in total. The van der Waals surface area contributed by atoms with Gasteiger partial charge in [-0.05, 0) is 30.3 Å². The van der Waals surface area contributed by atoms with Crippen molar-refractivity contribution in [3.05, 3.63) is 42.5 Å². The Labute approximate surface area is 210 Å². The van der Waals surface area contributed by atoms with Gasteiger partial charge in [-0.3, -0.25) is 19.4 Å². The maximum absolute atomic E-state index is 12.5. The monoisotopic (exact) mass is 491 g/mol. The van der Waals surface area contributed by atoms with Crippen LogP contribution in [-0.4, -0.2) is 92.3 Å². The lowest BCUT2D eigenvalue weighted by molar-refractivity contribution is -0.117. The number of nitrogens with one attached hydrogen (secondary N) is 2. The highest BCUT2D eigenvalue weighted by molar-refractivity contribution is 5.99. The van der Waals surface area contributed by atoms with Crippen LogP contribution in [0.5, 0.6) is 0 Å². The van der Waals surface area contributed by atoms with E-state index >= 15 is 0 Å². The zero-order chi connectivity index (χ0) is 24.7. The Hall–Kier alpha value is -3.11. The molecule has 0 saturated carbocycles. The highest BCUT2D eigenvalue weighted by atomic mass is 16.5. The Balaban J connectivity index is 1.21. The van der Waals surface area contributed by atoms with Crippen LogP contribution in [0.25, 0.3) is 21.8 Å². The molecule has 3 aromatic rings. The summed E-state index contributed by atoms with van der Waals surface area (Å²) in [5, 5.41) is 7.98. The van der Waals surface area contributed by atoms with Crippen LogP contribution in [0, 0.1) is 0 Å². The van der Waals surface area contributed by atoms with E-state index < -0.39 is 0 Å². The number of morpholine rings is 2. The first-order valence-corrected chi connectivity index (χ1v) is 12.7. The van der Waals surface area contributed by atoms with E-state index in [4.69, 9.17) is 14.5 Å². The second-order valence-electron chi connectivity index (χ2n) is 9.31. The molecule has 2 N–H and O–H groups in total. The molecule has 2 fully saturated rings. The van der Waals surface area contributed by atoms with E-state index in [1.165, 1.54) is 0 Å². The summed E-state index contributed by atoms with van der Waals surface area (Å²) in [6.45, 7) is 7.86. The third-order valence-electron chi connectivity index (χ3n) is 6.70. The van der Waals surface area contributed by atoms with Crippen molar-refractivity contribution in [2.45, 2.75) is 12.8 Å². The number of pyridine rings is 1. The molecule has 9 heteroatoms. The van der Waals surface area contributed by atoms with Crippen LogP contribution >= 0.6 is 0 Å². The van der Waals surface area contributed by atoms with Gasteiger partial charge in [-0.2, -0.15) is 0 Å². The fourth-order valence-electron chi connectivity index (χ4n) is 4.59. The van der Waals surface area contributed by atoms with Crippen molar-refractivity contribution in [2.75, 3.05) is 76.3 Å². The van der Waals surface area contributed by atoms with Crippen molar-refractivity contribution in [3.63, 3.8) is 0 Å². The Morgan fingerprint density at radius 1 is 0.694 bits per heavy atom. The second kappa shape index (κ2) is 11.7. The molecular weight excluding hydrogens is 458 g/mol. The fourth-order valence-corrected chi connectivity index (χ4v) is 4.59. The van der Waals surface area contributed by atoms with Crippen molar-refractivity contribution in [2.24, 2.45) is 0 Å². The average molecular weight is 492 g/mol. The lowest BCUT2D eigenvalue weighted by atomic mass is 10.1. The first-order chi connectivity index (χ1) is 17.6. The molecular formula is C27H33N5O4. The fraction of sp³-hybridized carbons (Fsp3) is 0.444. The minimum absolute atomic E-state index is 0.0105. The summed E-state index contributed by atoms with van der Waals surface area (Å²) in [4.78, 5) is 34.2. The molecule has 0 aliphatic carbocycles. The summed E-state index contributed by atoms with van der Waals surface area (Å²) in [5.41, 5.74) is 3.05. The number of anilines is 2. The number of benzene rings is 2. The molecule has 1 aromatic heterocycles. The average Bonchev–Trinajstić information content (AvgIpc) is 2.91. The topological polar surface area (TPSA) is 96.0 Å². The van der Waals surface area contributed by atoms with Crippen molar-refractivity contribution in [1.29, 1.82) is 0 Å². The predicted octanol–water partition coefficient (Wildman–Crippen LogP) is 2.71. The summed E-state index contributed by atoms with van der Waals surface area (Å²) in [6, 6.07) is 13.6. The highest BCUT2D eigenvalue weighted by Crippen LogP contribution is 2.25. The summed E-state index contributed by atoms with van der Waals surface area (Å²) < 4.78 is 10.7. The Kier molecular flexibility index (Phi) is 8.02. The van der Waals surface area contributed by atoms with Gasteiger partial charge in [-0.1, -0.05) is 12.1 Å². The number of aromatic nitrogens is 1. The molecule has 0 spiro atoms.